The van der Waals surface area contributed by atoms with E-state index in [4.69, 9.17) is 9.97 Å². The van der Waals surface area contributed by atoms with Crippen molar-refractivity contribution in [3.8, 4) is 22.2 Å². The number of aromatic nitrogens is 5. The maximum absolute atomic E-state index is 5.52. The Morgan fingerprint density at radius 2 is 1.25 bits per heavy atom. The van der Waals surface area contributed by atoms with Gasteiger partial charge in [0, 0.05) is 49.6 Å². The Balaban J connectivity index is 1.29. The van der Waals surface area contributed by atoms with Crippen molar-refractivity contribution in [3.05, 3.63) is 139 Å². The van der Waals surface area contributed by atoms with Crippen molar-refractivity contribution in [2.75, 3.05) is 0 Å². The minimum atomic E-state index is -0.0906. The van der Waals surface area contributed by atoms with E-state index in [1.807, 2.05) is 23.7 Å². The van der Waals surface area contributed by atoms with Crippen molar-refractivity contribution >= 4 is 75.9 Å². The first-order valence-electron chi connectivity index (χ1n) is 16.3. The van der Waals surface area contributed by atoms with Gasteiger partial charge < -0.3 is 0 Å². The zero-order valence-electron chi connectivity index (χ0n) is 26.3. The molecular weight excluding hydrogens is 607 g/mol. The molecule has 0 radical (unpaired) electrons. The number of para-hydroxylation sites is 3. The van der Waals surface area contributed by atoms with E-state index in [1.54, 1.807) is 0 Å². The largest absolute Gasteiger partial charge is 0.293 e. The highest BCUT2D eigenvalue weighted by atomic mass is 32.1. The number of rotatable bonds is 2. The zero-order chi connectivity index (χ0) is 31.7. The predicted molar refractivity (Wildman–Crippen MR) is 199 cm³/mol. The minimum Gasteiger partial charge on any atom is -0.293 e. The number of nitrogens with zero attached hydrogens (tertiary/aromatic N) is 5. The summed E-state index contributed by atoms with van der Waals surface area (Å²) < 4.78 is 5.86. The molecule has 5 aromatic carbocycles. The Morgan fingerprint density at radius 1 is 0.583 bits per heavy atom. The third-order valence-corrected chi connectivity index (χ3v) is 11.7. The summed E-state index contributed by atoms with van der Waals surface area (Å²) >= 11 is 1.91. The lowest BCUT2D eigenvalue weighted by Crippen LogP contribution is -2.14. The molecule has 0 amide bonds. The third-order valence-electron chi connectivity index (χ3n) is 10.4. The number of thiophene rings is 1. The summed E-state index contributed by atoms with van der Waals surface area (Å²) in [5, 5.41) is 6.98. The van der Waals surface area contributed by atoms with Crippen molar-refractivity contribution in [1.82, 2.24) is 24.1 Å². The first-order valence-corrected chi connectivity index (χ1v) is 17.1. The average Bonchev–Trinajstić information content (AvgIpc) is 3.84. The molecule has 226 valence electrons. The van der Waals surface area contributed by atoms with Crippen LogP contribution in [0.5, 0.6) is 0 Å². The molecular formula is C42H27N5S. The summed E-state index contributed by atoms with van der Waals surface area (Å²) in [7, 11) is 0. The summed E-state index contributed by atoms with van der Waals surface area (Å²) in [6.45, 7) is 4.73. The van der Waals surface area contributed by atoms with E-state index in [9.17, 15) is 0 Å². The first-order chi connectivity index (χ1) is 23.6. The van der Waals surface area contributed by atoms with Gasteiger partial charge in [0.2, 0.25) is 5.95 Å². The van der Waals surface area contributed by atoms with Gasteiger partial charge in [0.1, 0.15) is 0 Å². The summed E-state index contributed by atoms with van der Waals surface area (Å²) in [5.41, 5.74) is 9.40. The van der Waals surface area contributed by atoms with Crippen molar-refractivity contribution in [1.29, 1.82) is 0 Å². The van der Waals surface area contributed by atoms with Gasteiger partial charge in [0.05, 0.1) is 32.3 Å². The van der Waals surface area contributed by atoms with Crippen molar-refractivity contribution in [2.45, 2.75) is 19.3 Å². The molecule has 0 aliphatic heterocycles. The molecule has 11 rings (SSSR count). The second kappa shape index (κ2) is 9.15. The van der Waals surface area contributed by atoms with Crippen LogP contribution in [0.3, 0.4) is 0 Å². The molecule has 48 heavy (non-hydrogen) atoms. The van der Waals surface area contributed by atoms with E-state index < -0.39 is 0 Å². The monoisotopic (exact) mass is 633 g/mol. The fourth-order valence-corrected chi connectivity index (χ4v) is 9.88. The number of hydrogen-bond acceptors (Lipinski definition) is 4. The molecule has 5 nitrogen and oxygen atoms in total. The molecule has 10 aromatic rings. The van der Waals surface area contributed by atoms with Gasteiger partial charge in [0.25, 0.3) is 0 Å². The van der Waals surface area contributed by atoms with E-state index in [-0.39, 0.29) is 5.41 Å². The quantitative estimate of drug-likeness (QED) is 0.190. The molecule has 0 spiro atoms. The normalized spacial score (nSPS) is 13.8. The number of pyridine rings is 1. The molecule has 0 bridgehead atoms. The first kappa shape index (κ1) is 26.2. The van der Waals surface area contributed by atoms with Gasteiger partial charge >= 0.3 is 0 Å². The lowest BCUT2D eigenvalue weighted by atomic mass is 9.81. The maximum Gasteiger partial charge on any atom is 0.237 e. The van der Waals surface area contributed by atoms with Crippen LogP contribution in [-0.2, 0) is 5.41 Å². The highest BCUT2D eigenvalue weighted by molar-refractivity contribution is 7.23. The topological polar surface area (TPSA) is 48.5 Å². The van der Waals surface area contributed by atoms with E-state index in [2.05, 4.69) is 143 Å². The van der Waals surface area contributed by atoms with Crippen molar-refractivity contribution in [2.24, 2.45) is 0 Å². The van der Waals surface area contributed by atoms with Crippen LogP contribution < -0.4 is 0 Å². The molecule has 6 heteroatoms. The van der Waals surface area contributed by atoms with Gasteiger partial charge in [-0.2, -0.15) is 4.98 Å². The summed E-state index contributed by atoms with van der Waals surface area (Å²) in [4.78, 5) is 16.7. The molecule has 5 heterocycles. The van der Waals surface area contributed by atoms with E-state index >= 15 is 0 Å². The van der Waals surface area contributed by atoms with E-state index in [0.717, 1.165) is 49.6 Å². The van der Waals surface area contributed by atoms with Gasteiger partial charge in [-0.15, -0.1) is 11.3 Å². The van der Waals surface area contributed by atoms with Crippen LogP contribution in [0, 0.1) is 0 Å². The summed E-state index contributed by atoms with van der Waals surface area (Å²) in [5.74, 6) is 1.52. The lowest BCUT2D eigenvalue weighted by Gasteiger charge is -2.21. The molecule has 0 saturated carbocycles. The number of fused-ring (bicyclic) bond motifs is 13. The third kappa shape index (κ3) is 3.22. The average molecular weight is 634 g/mol. The second-order valence-corrected chi connectivity index (χ2v) is 14.3. The zero-order valence-corrected chi connectivity index (χ0v) is 27.1. The van der Waals surface area contributed by atoms with Gasteiger partial charge in [-0.3, -0.25) is 14.1 Å². The van der Waals surface area contributed by atoms with Crippen LogP contribution in [0.2, 0.25) is 0 Å². The maximum atomic E-state index is 5.52. The van der Waals surface area contributed by atoms with Crippen LogP contribution >= 0.6 is 11.3 Å². The Morgan fingerprint density at radius 3 is 2.10 bits per heavy atom. The summed E-state index contributed by atoms with van der Waals surface area (Å²) in [6.07, 6.45) is 3.82. The van der Waals surface area contributed by atoms with E-state index in [0.29, 0.717) is 5.95 Å². The molecule has 0 fully saturated rings. The molecule has 0 N–H and O–H groups in total. The molecule has 0 saturated heterocycles. The standard InChI is InChI=1S/C42H27N5S/c1-42(2)31-15-7-3-13-27(31)38-36(42)29-20-19-26-24-11-5-10-18-34(24)47(37(26)39(29)48-38)41-44-32-16-8-4-14-28(32)40(45-41)46-33-17-9-6-12-25(33)30-23-43-22-21-35(30)46/h3-23H,1-2H3. The van der Waals surface area contributed by atoms with Gasteiger partial charge in [-0.25, -0.2) is 4.98 Å². The molecule has 0 atom stereocenters. The fourth-order valence-electron chi connectivity index (χ4n) is 8.34. The highest BCUT2D eigenvalue weighted by Gasteiger charge is 2.39. The Kier molecular flexibility index (Phi) is 5.00. The lowest BCUT2D eigenvalue weighted by molar-refractivity contribution is 0.667. The molecule has 0 unspecified atom stereocenters. The Hall–Kier alpha value is -5.85. The van der Waals surface area contributed by atoms with Crippen LogP contribution in [0.1, 0.15) is 25.0 Å². The minimum absolute atomic E-state index is 0.0906. The van der Waals surface area contributed by atoms with Crippen LogP contribution in [-0.4, -0.2) is 24.1 Å². The van der Waals surface area contributed by atoms with Crippen LogP contribution in [0.15, 0.2) is 128 Å². The van der Waals surface area contributed by atoms with Gasteiger partial charge in [-0.05, 0) is 52.4 Å². The molecule has 5 aromatic heterocycles. The van der Waals surface area contributed by atoms with Gasteiger partial charge in [-0.1, -0.05) is 98.8 Å². The number of benzene rings is 5. The van der Waals surface area contributed by atoms with Crippen molar-refractivity contribution < 1.29 is 0 Å². The van der Waals surface area contributed by atoms with Crippen molar-refractivity contribution in [3.63, 3.8) is 0 Å². The SMILES string of the molecule is CC1(C)c2ccccc2-c2sc3c(ccc4c5ccccc5n(-c5nc(-n6c7ccccc7c7cnccc76)c6ccccc6n5)c43)c21. The van der Waals surface area contributed by atoms with Crippen LogP contribution in [0.4, 0.5) is 0 Å². The van der Waals surface area contributed by atoms with E-state index in [1.165, 1.54) is 42.4 Å². The second-order valence-electron chi connectivity index (χ2n) is 13.3. The van der Waals surface area contributed by atoms with Gasteiger partial charge in [0.15, 0.2) is 5.82 Å². The Bertz CT molecular complexity index is 2940. The predicted octanol–water partition coefficient (Wildman–Crippen LogP) is 10.7. The highest BCUT2D eigenvalue weighted by Crippen LogP contribution is 2.56. The Labute approximate surface area is 279 Å². The van der Waals surface area contributed by atoms with Crippen LogP contribution in [0.25, 0.3) is 86.8 Å². The summed E-state index contributed by atoms with van der Waals surface area (Å²) in [6, 6.07) is 41.2. The smallest absolute Gasteiger partial charge is 0.237 e. The number of hydrogen-bond donors (Lipinski definition) is 0. The molecule has 1 aliphatic rings. The molecule has 1 aliphatic carbocycles. The fraction of sp³-hybridized carbons (Fsp3) is 0.0714.